The number of hydrogen-bond donors (Lipinski definition) is 0. The highest BCUT2D eigenvalue weighted by atomic mass is 33.1. The molecular weight excluding hydrogens is 657 g/mol. The van der Waals surface area contributed by atoms with Crippen molar-refractivity contribution < 1.29 is 44.9 Å². The first kappa shape index (κ1) is 45.0. The molecule has 0 aromatic rings. The zero-order valence-corrected chi connectivity index (χ0v) is 34.0. The van der Waals surface area contributed by atoms with Crippen LogP contribution in [0.5, 0.6) is 0 Å². The summed E-state index contributed by atoms with van der Waals surface area (Å²) in [6.45, 7) is 25.9. The average Bonchev–Trinajstić information content (AvgIpc) is 3.80. The summed E-state index contributed by atoms with van der Waals surface area (Å²) in [5.41, 5.74) is 0. The van der Waals surface area contributed by atoms with E-state index in [4.69, 9.17) is 44.9 Å². The maximum Gasteiger partial charge on any atom is 0.500 e. The summed E-state index contributed by atoms with van der Waals surface area (Å²) in [4.78, 5) is 0. The molecule has 1 aliphatic heterocycles. The van der Waals surface area contributed by atoms with Gasteiger partial charge in [0.05, 0.1) is 13.2 Å². The smallest absolute Gasteiger partial charge is 0.395 e. The third-order valence-corrected chi connectivity index (χ3v) is 18.2. The lowest BCUT2D eigenvalue weighted by Gasteiger charge is -2.28. The number of ether oxygens (including phenoxy) is 2. The van der Waals surface area contributed by atoms with Gasteiger partial charge in [-0.25, -0.2) is 0 Å². The van der Waals surface area contributed by atoms with Gasteiger partial charge in [-0.3, -0.25) is 0 Å². The van der Waals surface area contributed by atoms with Crippen molar-refractivity contribution in [2.75, 3.05) is 84.2 Å². The van der Waals surface area contributed by atoms with Gasteiger partial charge >= 0.3 is 26.2 Å². The molecule has 1 atom stereocenters. The zero-order valence-electron chi connectivity index (χ0n) is 29.4. The predicted octanol–water partition coefficient (Wildman–Crippen LogP) is 7.18. The van der Waals surface area contributed by atoms with Crippen LogP contribution in [0, 0.1) is 0 Å². The Morgan fingerprint density at radius 3 is 1.23 bits per heavy atom. The van der Waals surface area contributed by atoms with E-state index in [1.807, 2.05) is 77.0 Å². The van der Waals surface area contributed by atoms with Crippen LogP contribution in [-0.4, -0.2) is 116 Å². The van der Waals surface area contributed by atoms with Crippen LogP contribution in [-0.2, 0) is 44.9 Å². The molecule has 0 aliphatic carbocycles. The SMILES string of the molecule is CCO[Si](C)(CCCOCC1CO1)OCC.CCO[Si](CCCSSCCC[Si](OCC)(OCC)OCC)(OCC)OCC. The third kappa shape index (κ3) is 22.5. The second kappa shape index (κ2) is 28.9. The topological polar surface area (TPSA) is 95.6 Å². The highest BCUT2D eigenvalue weighted by Gasteiger charge is 2.40. The van der Waals surface area contributed by atoms with Gasteiger partial charge in [0.2, 0.25) is 0 Å². The monoisotopic (exact) mass is 722 g/mol. The molecule has 15 heteroatoms. The minimum atomic E-state index is -2.49. The van der Waals surface area contributed by atoms with Crippen LogP contribution in [0.2, 0.25) is 24.7 Å². The largest absolute Gasteiger partial charge is 0.500 e. The van der Waals surface area contributed by atoms with Gasteiger partial charge in [0.15, 0.2) is 0 Å². The van der Waals surface area contributed by atoms with Gasteiger partial charge in [0.1, 0.15) is 6.10 Å². The van der Waals surface area contributed by atoms with Crippen molar-refractivity contribution in [3.05, 3.63) is 0 Å². The molecule has 1 fully saturated rings. The Labute approximate surface area is 281 Å². The minimum Gasteiger partial charge on any atom is -0.395 e. The van der Waals surface area contributed by atoms with E-state index in [9.17, 15) is 0 Å². The van der Waals surface area contributed by atoms with E-state index < -0.39 is 26.2 Å². The quantitative estimate of drug-likeness (QED) is 0.0314. The second-order valence-corrected chi connectivity index (χ2v) is 21.5. The summed E-state index contributed by atoms with van der Waals surface area (Å²) in [5, 5.41) is 0. The standard InChI is InChI=1S/C18H42O6S2Si2.C11H24O4Si/c1-7-19-27(20-8-2,21-9-3)17-13-15-25-26-16-14-18-28(22-10-4,23-11-5)24-12-6;1-4-14-16(3,15-5-2)8-6-7-12-9-11-10-13-11/h7-18H2,1-6H3;11H,4-10H2,1-3H3. The summed E-state index contributed by atoms with van der Waals surface area (Å²) in [6.07, 6.45) is 3.45. The fourth-order valence-corrected chi connectivity index (χ4v) is 14.8. The van der Waals surface area contributed by atoms with E-state index >= 15 is 0 Å². The summed E-state index contributed by atoms with van der Waals surface area (Å²) >= 11 is 0. The molecule has 1 saturated heterocycles. The molecule has 0 N–H and O–H groups in total. The van der Waals surface area contributed by atoms with Crippen LogP contribution in [0.15, 0.2) is 0 Å². The van der Waals surface area contributed by atoms with Crippen molar-refractivity contribution in [2.45, 2.75) is 105 Å². The molecule has 0 bridgehead atoms. The first-order chi connectivity index (χ1) is 21.3. The fourth-order valence-electron chi connectivity index (χ4n) is 4.49. The average molecular weight is 723 g/mol. The Morgan fingerprint density at radius 2 is 0.909 bits per heavy atom. The molecule has 1 heterocycles. The normalized spacial score (nSPS) is 15.3. The fraction of sp³-hybridized carbons (Fsp3) is 1.00. The van der Waals surface area contributed by atoms with Crippen molar-refractivity contribution >= 4 is 47.8 Å². The maximum absolute atomic E-state index is 5.90. The molecule has 0 spiro atoms. The van der Waals surface area contributed by atoms with Crippen LogP contribution >= 0.6 is 21.6 Å². The number of rotatable bonds is 31. The molecule has 266 valence electrons. The van der Waals surface area contributed by atoms with Gasteiger partial charge in [0, 0.05) is 83.1 Å². The lowest BCUT2D eigenvalue weighted by Crippen LogP contribution is -2.46. The van der Waals surface area contributed by atoms with E-state index in [1.54, 1.807) is 0 Å². The van der Waals surface area contributed by atoms with Crippen molar-refractivity contribution in [3.8, 4) is 0 Å². The lowest BCUT2D eigenvalue weighted by atomic mass is 10.5. The Balaban J connectivity index is 0.000000971. The summed E-state index contributed by atoms with van der Waals surface area (Å²) < 4.78 is 57.5. The summed E-state index contributed by atoms with van der Waals surface area (Å²) in [6, 6.07) is 2.76. The number of epoxide rings is 1. The molecule has 44 heavy (non-hydrogen) atoms. The molecule has 1 aliphatic rings. The predicted molar refractivity (Wildman–Crippen MR) is 190 cm³/mol. The highest BCUT2D eigenvalue weighted by molar-refractivity contribution is 8.76. The molecule has 0 aromatic carbocycles. The van der Waals surface area contributed by atoms with E-state index in [0.29, 0.717) is 45.7 Å². The molecule has 1 unspecified atom stereocenters. The highest BCUT2D eigenvalue weighted by Crippen LogP contribution is 2.28. The summed E-state index contributed by atoms with van der Waals surface area (Å²) in [5.74, 6) is 2.13. The minimum absolute atomic E-state index is 0.363. The van der Waals surface area contributed by atoms with Crippen molar-refractivity contribution in [1.29, 1.82) is 0 Å². The Kier molecular flexibility index (Phi) is 29.5. The Hall–Kier alpha value is 0.951. The third-order valence-electron chi connectivity index (χ3n) is 6.22. The Bertz CT molecular complexity index is 570. The second-order valence-electron chi connectivity index (χ2n) is 9.95. The van der Waals surface area contributed by atoms with E-state index in [1.165, 1.54) is 0 Å². The van der Waals surface area contributed by atoms with Gasteiger partial charge in [-0.15, -0.1) is 0 Å². The van der Waals surface area contributed by atoms with Gasteiger partial charge in [-0.2, -0.15) is 0 Å². The van der Waals surface area contributed by atoms with Gasteiger partial charge in [-0.05, 0) is 87.2 Å². The van der Waals surface area contributed by atoms with Crippen molar-refractivity contribution in [2.24, 2.45) is 0 Å². The lowest BCUT2D eigenvalue weighted by molar-refractivity contribution is 0.0704. The van der Waals surface area contributed by atoms with Crippen LogP contribution in [0.25, 0.3) is 0 Å². The van der Waals surface area contributed by atoms with Crippen LogP contribution in [0.3, 0.4) is 0 Å². The van der Waals surface area contributed by atoms with Crippen molar-refractivity contribution in [1.82, 2.24) is 0 Å². The molecule has 0 amide bonds. The molecule has 0 radical (unpaired) electrons. The maximum atomic E-state index is 5.90. The Morgan fingerprint density at radius 1 is 0.545 bits per heavy atom. The molecule has 0 saturated carbocycles. The van der Waals surface area contributed by atoms with Crippen molar-refractivity contribution in [3.63, 3.8) is 0 Å². The van der Waals surface area contributed by atoms with Crippen LogP contribution in [0.4, 0.5) is 0 Å². The zero-order chi connectivity index (χ0) is 33.0. The van der Waals surface area contributed by atoms with Gasteiger partial charge in [-0.1, -0.05) is 21.6 Å². The summed E-state index contributed by atoms with van der Waals surface area (Å²) in [7, 11) is -3.09. The first-order valence-electron chi connectivity index (χ1n) is 16.8. The van der Waals surface area contributed by atoms with E-state index in [-0.39, 0.29) is 0 Å². The van der Waals surface area contributed by atoms with Gasteiger partial charge < -0.3 is 44.9 Å². The first-order valence-corrected chi connectivity index (χ1v) is 25.7. The number of hydrogen-bond acceptors (Lipinski definition) is 12. The van der Waals surface area contributed by atoms with E-state index in [2.05, 4.69) is 6.55 Å². The van der Waals surface area contributed by atoms with Gasteiger partial charge in [0.25, 0.3) is 0 Å². The molecule has 1 rings (SSSR count). The molecular formula is C29H66O10S2Si3. The molecule has 0 aromatic heterocycles. The molecule has 10 nitrogen and oxygen atoms in total. The van der Waals surface area contributed by atoms with Crippen LogP contribution < -0.4 is 0 Å². The van der Waals surface area contributed by atoms with E-state index in [0.717, 1.165) is 81.9 Å². The van der Waals surface area contributed by atoms with Crippen LogP contribution in [0.1, 0.15) is 74.7 Å².